The quantitative estimate of drug-likeness (QED) is 0.169. The summed E-state index contributed by atoms with van der Waals surface area (Å²) in [6.45, 7) is 0. The fourth-order valence-electron chi connectivity index (χ4n) is 0.260. The van der Waals surface area contributed by atoms with Crippen LogP contribution in [0.15, 0.2) is 0 Å². The second-order valence-corrected chi connectivity index (χ2v) is 1.64. The zero-order valence-electron chi connectivity index (χ0n) is 8.25. The molecule has 0 aliphatic heterocycles. The van der Waals surface area contributed by atoms with Gasteiger partial charge in [0.1, 0.15) is 0 Å². The van der Waals surface area contributed by atoms with Gasteiger partial charge in [-0.05, 0) is 0 Å². The average molecular weight is 767 g/mol. The number of carbonyl (C=O) groups is 5. The Morgan fingerprint density at radius 1 is 0.611 bits per heavy atom. The summed E-state index contributed by atoms with van der Waals surface area (Å²) in [5.41, 5.74) is 0. The number of aliphatic carboxylic acids is 2. The van der Waals surface area contributed by atoms with Gasteiger partial charge in [0.2, 0.25) is 0 Å². The molecule has 0 aromatic rings. The fraction of sp³-hybridized carbons (Fsp3) is 0. The van der Waals surface area contributed by atoms with Gasteiger partial charge in [0.05, 0.1) is 0 Å². The van der Waals surface area contributed by atoms with E-state index in [1.54, 1.807) is 0 Å². The first-order valence-electron chi connectivity index (χ1n) is 2.78. The van der Waals surface area contributed by atoms with E-state index in [2.05, 4.69) is 9.47 Å². The van der Waals surface area contributed by atoms with E-state index in [-0.39, 0.29) is 167 Å². The molecule has 0 amide bonds. The molecule has 0 aromatic heterocycles. The average Bonchev–Trinajstić information content (AvgIpc) is 2.03. The van der Waals surface area contributed by atoms with E-state index in [0.29, 0.717) is 0 Å². The minimum absolute atomic E-state index is 0. The normalized spacial score (nSPS) is 6.67. The molecular formula is C5H2Ce4O9. The predicted octanol–water partition coefficient (Wildman–Crippen LogP) is -1.64. The third-order valence-corrected chi connectivity index (χ3v) is 0.701. The maximum atomic E-state index is 10.3. The van der Waals surface area contributed by atoms with Gasteiger partial charge >= 0.3 is 30.0 Å². The van der Waals surface area contributed by atoms with Crippen LogP contribution in [0.25, 0.3) is 0 Å². The van der Waals surface area contributed by atoms with Crippen molar-refractivity contribution in [1.29, 1.82) is 0 Å². The van der Waals surface area contributed by atoms with Gasteiger partial charge in [-0.15, -0.1) is 0 Å². The van der Waals surface area contributed by atoms with Gasteiger partial charge in [-0.2, -0.15) is 0 Å². The minimum atomic E-state index is -2.09. The van der Waals surface area contributed by atoms with E-state index in [9.17, 15) is 24.0 Å². The Balaban J connectivity index is -0.000000141. The number of esters is 2. The summed E-state index contributed by atoms with van der Waals surface area (Å²) >= 11 is 0. The number of ether oxygens (including phenoxy) is 2. The van der Waals surface area contributed by atoms with Crippen molar-refractivity contribution >= 4 is 30.0 Å². The molecule has 0 fully saturated rings. The third kappa shape index (κ3) is 17.1. The van der Waals surface area contributed by atoms with Crippen LogP contribution in [0.2, 0.25) is 0 Å². The van der Waals surface area contributed by atoms with Crippen LogP contribution in [0.1, 0.15) is 0 Å². The van der Waals surface area contributed by atoms with Gasteiger partial charge in [-0.25, -0.2) is 24.0 Å². The molecule has 2 N–H and O–H groups in total. The Morgan fingerprint density at radius 2 is 0.833 bits per heavy atom. The number of hydrogen-bond acceptors (Lipinski definition) is 7. The molecule has 0 unspecified atom stereocenters. The van der Waals surface area contributed by atoms with Crippen LogP contribution in [0.5, 0.6) is 0 Å². The van der Waals surface area contributed by atoms with Crippen LogP contribution >= 0.6 is 0 Å². The number of carbonyl (C=O) groups excluding carboxylic acids is 3. The third-order valence-electron chi connectivity index (χ3n) is 0.701. The number of hydrogen-bond donors (Lipinski definition) is 2. The number of carboxylic acid groups (broad SMARTS) is 2. The number of carboxylic acids is 2. The van der Waals surface area contributed by atoms with Crippen molar-refractivity contribution < 1.29 is 211 Å². The molecule has 92 valence electrons. The van der Waals surface area contributed by atoms with Crippen LogP contribution in [-0.4, -0.2) is 40.2 Å². The SMILES string of the molecule is O=C(OC(=O)C(=O)O)OC(=O)C(=O)O.[Ce].[Ce].[Ce].[Ce]. The maximum absolute atomic E-state index is 10.3. The summed E-state index contributed by atoms with van der Waals surface area (Å²) < 4.78 is 6.70. The molecular weight excluding hydrogens is 765 g/mol. The Hall–Kier alpha value is 3.06. The fourth-order valence-corrected chi connectivity index (χ4v) is 0.260. The predicted molar refractivity (Wildman–Crippen MR) is 32.9 cm³/mol. The van der Waals surface area contributed by atoms with Crippen molar-refractivity contribution in [3.63, 3.8) is 0 Å². The van der Waals surface area contributed by atoms with Gasteiger partial charge in [0, 0.05) is 167 Å². The minimum Gasteiger partial charge on any atom is -0.473 e. The summed E-state index contributed by atoms with van der Waals surface area (Å²) in [5, 5.41) is 15.8. The summed E-state index contributed by atoms with van der Waals surface area (Å²) in [7, 11) is 0. The van der Waals surface area contributed by atoms with Crippen molar-refractivity contribution in [2.24, 2.45) is 0 Å². The zero-order valence-corrected chi connectivity index (χ0v) is 20.8. The number of rotatable bonds is 0. The Morgan fingerprint density at radius 3 is 1.00 bits per heavy atom. The molecule has 0 spiro atoms. The Bertz CT molecular complexity index is 297. The van der Waals surface area contributed by atoms with E-state index in [0.717, 1.165) is 0 Å². The van der Waals surface area contributed by atoms with Crippen LogP contribution in [0, 0.1) is 167 Å². The second-order valence-electron chi connectivity index (χ2n) is 1.64. The van der Waals surface area contributed by atoms with Crippen LogP contribution in [0.4, 0.5) is 4.79 Å². The van der Waals surface area contributed by atoms with E-state index >= 15 is 0 Å². The van der Waals surface area contributed by atoms with Crippen molar-refractivity contribution in [2.75, 3.05) is 0 Å². The molecule has 0 saturated carbocycles. The largest absolute Gasteiger partial charge is 0.524 e. The summed E-state index contributed by atoms with van der Waals surface area (Å²) in [6.07, 6.45) is -2.02. The second kappa shape index (κ2) is 18.1. The molecule has 0 aliphatic carbocycles. The summed E-state index contributed by atoms with van der Waals surface area (Å²) in [5.74, 6) is -8.17. The monoisotopic (exact) mass is 766 g/mol. The first-order valence-corrected chi connectivity index (χ1v) is 2.78. The van der Waals surface area contributed by atoms with Crippen LogP contribution in [-0.2, 0) is 28.7 Å². The van der Waals surface area contributed by atoms with Crippen LogP contribution in [0.3, 0.4) is 0 Å². The van der Waals surface area contributed by atoms with Gasteiger partial charge < -0.3 is 19.7 Å². The van der Waals surface area contributed by atoms with Gasteiger partial charge in [-0.3, -0.25) is 0 Å². The van der Waals surface area contributed by atoms with E-state index in [1.807, 2.05) is 0 Å². The van der Waals surface area contributed by atoms with E-state index < -0.39 is 30.0 Å². The van der Waals surface area contributed by atoms with Crippen molar-refractivity contribution in [1.82, 2.24) is 0 Å². The van der Waals surface area contributed by atoms with Gasteiger partial charge in [0.15, 0.2) is 0 Å². The van der Waals surface area contributed by atoms with Crippen molar-refractivity contribution in [2.45, 2.75) is 0 Å². The molecule has 0 radical (unpaired) electrons. The standard InChI is InChI=1S/C5H2O9.4Ce/c6-1(7)3(10)13-5(12)14-4(11)2(8)9;;;;/h(H,6,7)(H,8,9);;;;. The molecule has 0 aromatic carbocycles. The zero-order chi connectivity index (χ0) is 11.3. The molecule has 9 nitrogen and oxygen atoms in total. The molecule has 0 rings (SSSR count). The Kier molecular flexibility index (Phi) is 33.0. The van der Waals surface area contributed by atoms with E-state index in [1.165, 1.54) is 0 Å². The summed E-state index contributed by atoms with van der Waals surface area (Å²) in [4.78, 5) is 50.0. The first kappa shape index (κ1) is 32.9. The topological polar surface area (TPSA) is 144 Å². The van der Waals surface area contributed by atoms with Crippen LogP contribution < -0.4 is 0 Å². The molecule has 0 heterocycles. The smallest absolute Gasteiger partial charge is 0.473 e. The summed E-state index contributed by atoms with van der Waals surface area (Å²) in [6, 6.07) is 0. The van der Waals surface area contributed by atoms with E-state index in [4.69, 9.17) is 10.2 Å². The Labute approximate surface area is 234 Å². The molecule has 0 saturated heterocycles. The maximum Gasteiger partial charge on any atom is 0.524 e. The van der Waals surface area contributed by atoms with Crippen molar-refractivity contribution in [3.05, 3.63) is 0 Å². The van der Waals surface area contributed by atoms with Crippen molar-refractivity contribution in [3.8, 4) is 0 Å². The molecule has 13 heteroatoms. The molecule has 0 atom stereocenters. The molecule has 18 heavy (non-hydrogen) atoms. The molecule has 0 bridgehead atoms. The van der Waals surface area contributed by atoms with Gasteiger partial charge in [0.25, 0.3) is 0 Å². The molecule has 0 aliphatic rings. The first-order chi connectivity index (χ1) is 6.34. The van der Waals surface area contributed by atoms with Gasteiger partial charge in [-0.1, -0.05) is 0 Å².